The average Bonchev–Trinajstić information content (AvgIpc) is 2.84. The number of aromatic nitrogens is 2. The highest BCUT2D eigenvalue weighted by molar-refractivity contribution is 7.98. The normalized spacial score (nSPS) is 10.9. The van der Waals surface area contributed by atoms with E-state index in [0.29, 0.717) is 40.5 Å². The Labute approximate surface area is 191 Å². The zero-order chi connectivity index (χ0) is 22.3. The van der Waals surface area contributed by atoms with Gasteiger partial charge in [-0.05, 0) is 41.3 Å². The number of fused-ring (bicyclic) bond motifs is 1. The van der Waals surface area contributed by atoms with E-state index in [0.717, 1.165) is 23.1 Å². The van der Waals surface area contributed by atoms with Crippen LogP contribution in [0.5, 0.6) is 0 Å². The minimum absolute atomic E-state index is 0.0161. The molecule has 0 bridgehead atoms. The van der Waals surface area contributed by atoms with Crippen LogP contribution in [0.2, 0.25) is 0 Å². The first-order valence-electron chi connectivity index (χ1n) is 10.4. The number of rotatable bonds is 8. The van der Waals surface area contributed by atoms with E-state index in [9.17, 15) is 10.1 Å². The maximum absolute atomic E-state index is 13.1. The highest BCUT2D eigenvalue weighted by Gasteiger charge is 2.12. The van der Waals surface area contributed by atoms with Crippen LogP contribution in [0.25, 0.3) is 22.0 Å². The Kier molecular flexibility index (Phi) is 7.00. The van der Waals surface area contributed by atoms with Gasteiger partial charge in [0.25, 0.3) is 5.56 Å². The van der Waals surface area contributed by atoms with Crippen molar-refractivity contribution in [1.82, 2.24) is 9.55 Å². The van der Waals surface area contributed by atoms with Gasteiger partial charge in [-0.1, -0.05) is 66.4 Å². The topological polar surface area (TPSA) is 67.9 Å². The first kappa shape index (κ1) is 21.8. The van der Waals surface area contributed by atoms with Gasteiger partial charge in [-0.25, -0.2) is 4.98 Å². The maximum atomic E-state index is 13.1. The monoisotopic (exact) mass is 441 g/mol. The molecule has 0 aliphatic carbocycles. The summed E-state index contributed by atoms with van der Waals surface area (Å²) in [6.07, 6.45) is 0.747. The molecule has 1 heterocycles. The van der Waals surface area contributed by atoms with Gasteiger partial charge in [0.15, 0.2) is 5.16 Å². The van der Waals surface area contributed by atoms with Crippen molar-refractivity contribution in [3.8, 4) is 17.2 Å². The Morgan fingerprint density at radius 3 is 2.56 bits per heavy atom. The maximum Gasteiger partial charge on any atom is 0.262 e. The zero-order valence-corrected chi connectivity index (χ0v) is 18.6. The van der Waals surface area contributed by atoms with E-state index >= 15 is 0 Å². The van der Waals surface area contributed by atoms with E-state index in [1.54, 1.807) is 23.4 Å². The summed E-state index contributed by atoms with van der Waals surface area (Å²) in [5.41, 5.74) is 4.42. The molecular formula is C26H23N3O2S. The van der Waals surface area contributed by atoms with Crippen LogP contribution in [-0.2, 0) is 17.0 Å². The molecule has 6 heteroatoms. The minimum Gasteiger partial charge on any atom is -0.385 e. The van der Waals surface area contributed by atoms with Gasteiger partial charge in [-0.2, -0.15) is 5.26 Å². The lowest BCUT2D eigenvalue weighted by Crippen LogP contribution is -2.24. The van der Waals surface area contributed by atoms with E-state index in [1.165, 1.54) is 0 Å². The standard InChI is InChI=1S/C26H23N3O2S/c1-31-16-6-15-29-25(30)23-9-4-5-10-24(23)28-26(29)32-18-19-11-13-20(14-12-19)22-8-3-2-7-21(22)17-27/h2-5,7-14H,6,15-16,18H2,1H3. The number of hydrogen-bond acceptors (Lipinski definition) is 5. The second-order valence-electron chi connectivity index (χ2n) is 7.36. The van der Waals surface area contributed by atoms with Gasteiger partial charge in [0.05, 0.1) is 22.5 Å². The Hall–Kier alpha value is -3.40. The summed E-state index contributed by atoms with van der Waals surface area (Å²) in [6, 6.07) is 25.5. The Balaban J connectivity index is 1.58. The van der Waals surface area contributed by atoms with Crippen molar-refractivity contribution in [3.05, 3.63) is 94.3 Å². The van der Waals surface area contributed by atoms with Gasteiger partial charge in [0.2, 0.25) is 0 Å². The molecule has 4 aromatic rings. The van der Waals surface area contributed by atoms with Crippen LogP contribution in [0.15, 0.2) is 82.7 Å². The quantitative estimate of drug-likeness (QED) is 0.212. The molecule has 0 aliphatic heterocycles. The van der Waals surface area contributed by atoms with E-state index in [1.807, 2.05) is 60.7 Å². The van der Waals surface area contributed by atoms with Crippen molar-refractivity contribution in [2.45, 2.75) is 23.9 Å². The Bertz CT molecular complexity index is 1320. The fourth-order valence-corrected chi connectivity index (χ4v) is 4.56. The van der Waals surface area contributed by atoms with Crippen LogP contribution in [0, 0.1) is 11.3 Å². The largest absolute Gasteiger partial charge is 0.385 e. The molecule has 0 spiro atoms. The van der Waals surface area contributed by atoms with Crippen LogP contribution in [-0.4, -0.2) is 23.3 Å². The lowest BCUT2D eigenvalue weighted by molar-refractivity contribution is 0.189. The first-order valence-corrected chi connectivity index (χ1v) is 11.4. The lowest BCUT2D eigenvalue weighted by Gasteiger charge is -2.13. The van der Waals surface area contributed by atoms with Crippen molar-refractivity contribution in [1.29, 1.82) is 5.26 Å². The van der Waals surface area contributed by atoms with Crippen LogP contribution in [0.3, 0.4) is 0 Å². The zero-order valence-electron chi connectivity index (χ0n) is 17.8. The molecular weight excluding hydrogens is 418 g/mol. The van der Waals surface area contributed by atoms with E-state index < -0.39 is 0 Å². The molecule has 0 unspecified atom stereocenters. The third kappa shape index (κ3) is 4.75. The van der Waals surface area contributed by atoms with E-state index in [-0.39, 0.29) is 5.56 Å². The molecule has 0 radical (unpaired) electrons. The lowest BCUT2D eigenvalue weighted by atomic mass is 10.00. The summed E-state index contributed by atoms with van der Waals surface area (Å²) < 4.78 is 6.92. The van der Waals surface area contributed by atoms with Gasteiger partial charge < -0.3 is 4.74 Å². The fourth-order valence-electron chi connectivity index (χ4n) is 3.58. The van der Waals surface area contributed by atoms with Crippen LogP contribution < -0.4 is 5.56 Å². The molecule has 0 aliphatic rings. The fraction of sp³-hybridized carbons (Fsp3) is 0.192. The summed E-state index contributed by atoms with van der Waals surface area (Å²) in [7, 11) is 1.66. The summed E-state index contributed by atoms with van der Waals surface area (Å²) in [6.45, 7) is 1.16. The number of thioether (sulfide) groups is 1. The number of benzene rings is 3. The van der Waals surface area contributed by atoms with Crippen molar-refractivity contribution < 1.29 is 4.74 Å². The number of methoxy groups -OCH3 is 1. The number of ether oxygens (including phenoxy) is 1. The van der Waals surface area contributed by atoms with Crippen LogP contribution in [0.4, 0.5) is 0 Å². The summed E-state index contributed by atoms with van der Waals surface area (Å²) >= 11 is 1.56. The molecule has 4 rings (SSSR count). The molecule has 0 amide bonds. The van der Waals surface area contributed by atoms with Crippen molar-refractivity contribution in [2.75, 3.05) is 13.7 Å². The van der Waals surface area contributed by atoms with Gasteiger partial charge in [-0.15, -0.1) is 0 Å². The number of hydrogen-bond donors (Lipinski definition) is 0. The Morgan fingerprint density at radius 1 is 1.03 bits per heavy atom. The van der Waals surface area contributed by atoms with Crippen LogP contribution in [0.1, 0.15) is 17.5 Å². The average molecular weight is 442 g/mol. The van der Waals surface area contributed by atoms with Gasteiger partial charge in [0, 0.05) is 26.0 Å². The number of para-hydroxylation sites is 1. The van der Waals surface area contributed by atoms with E-state index in [2.05, 4.69) is 18.2 Å². The Morgan fingerprint density at radius 2 is 1.78 bits per heavy atom. The molecule has 0 atom stereocenters. The highest BCUT2D eigenvalue weighted by Crippen LogP contribution is 2.26. The van der Waals surface area contributed by atoms with Crippen molar-refractivity contribution in [3.63, 3.8) is 0 Å². The summed E-state index contributed by atoms with van der Waals surface area (Å²) in [4.78, 5) is 17.8. The van der Waals surface area contributed by atoms with Gasteiger partial charge in [0.1, 0.15) is 0 Å². The molecule has 1 aromatic heterocycles. The number of nitrogens with zero attached hydrogens (tertiary/aromatic N) is 3. The van der Waals surface area contributed by atoms with Gasteiger partial charge in [-0.3, -0.25) is 9.36 Å². The summed E-state index contributed by atoms with van der Waals surface area (Å²) in [5.74, 6) is 0.690. The summed E-state index contributed by atoms with van der Waals surface area (Å²) in [5, 5.41) is 10.7. The first-order chi connectivity index (χ1) is 15.7. The molecule has 0 saturated carbocycles. The second-order valence-corrected chi connectivity index (χ2v) is 8.30. The molecule has 5 nitrogen and oxygen atoms in total. The van der Waals surface area contributed by atoms with Gasteiger partial charge >= 0.3 is 0 Å². The molecule has 3 aromatic carbocycles. The molecule has 32 heavy (non-hydrogen) atoms. The van der Waals surface area contributed by atoms with Crippen LogP contribution >= 0.6 is 11.8 Å². The predicted molar refractivity (Wildman–Crippen MR) is 129 cm³/mol. The minimum atomic E-state index is -0.0161. The number of nitriles is 1. The molecule has 0 saturated heterocycles. The second kappa shape index (κ2) is 10.3. The van der Waals surface area contributed by atoms with Crippen molar-refractivity contribution >= 4 is 22.7 Å². The molecule has 160 valence electrons. The molecule has 0 fully saturated rings. The highest BCUT2D eigenvalue weighted by atomic mass is 32.2. The smallest absolute Gasteiger partial charge is 0.262 e. The third-order valence-corrected chi connectivity index (χ3v) is 6.28. The van der Waals surface area contributed by atoms with E-state index in [4.69, 9.17) is 9.72 Å². The van der Waals surface area contributed by atoms with Crippen molar-refractivity contribution in [2.24, 2.45) is 0 Å². The molecule has 0 N–H and O–H groups in total. The SMILES string of the molecule is COCCCn1c(SCc2ccc(-c3ccccc3C#N)cc2)nc2ccccc2c1=O. The predicted octanol–water partition coefficient (Wildman–Crippen LogP) is 5.26. The third-order valence-electron chi connectivity index (χ3n) is 5.24.